The van der Waals surface area contributed by atoms with Gasteiger partial charge in [-0.25, -0.2) is 0 Å². The molecule has 0 aliphatic carbocycles. The molecule has 0 amide bonds. The molecule has 2 saturated heterocycles. The second-order valence-corrected chi connectivity index (χ2v) is 5.93. The lowest BCUT2D eigenvalue weighted by molar-refractivity contribution is 0.0194. The van der Waals surface area contributed by atoms with Crippen molar-refractivity contribution in [3.05, 3.63) is 35.4 Å². The van der Waals surface area contributed by atoms with Crippen molar-refractivity contribution in [1.82, 2.24) is 15.1 Å². The van der Waals surface area contributed by atoms with E-state index in [-0.39, 0.29) is 0 Å². The second-order valence-electron chi connectivity index (χ2n) is 5.93. The number of nitrogens with zero attached hydrogens (tertiary/aromatic N) is 2. The molecule has 19 heavy (non-hydrogen) atoms. The minimum atomic E-state index is 0.566. The van der Waals surface area contributed by atoms with Crippen LogP contribution in [0.5, 0.6) is 0 Å². The Kier molecular flexibility index (Phi) is 3.87. The maximum absolute atomic E-state index is 3.53. The molecule has 0 bridgehead atoms. The van der Waals surface area contributed by atoms with Gasteiger partial charge in [-0.1, -0.05) is 31.2 Å². The van der Waals surface area contributed by atoms with Gasteiger partial charge in [-0.05, 0) is 24.6 Å². The first-order valence-corrected chi connectivity index (χ1v) is 7.51. The van der Waals surface area contributed by atoms with Gasteiger partial charge in [0, 0.05) is 44.8 Å². The minimum Gasteiger partial charge on any atom is -0.314 e. The smallest absolute Gasteiger partial charge is 0.0479 e. The molecule has 2 fully saturated rings. The molecule has 2 atom stereocenters. The van der Waals surface area contributed by atoms with E-state index < -0.39 is 0 Å². The van der Waals surface area contributed by atoms with Gasteiger partial charge < -0.3 is 10.2 Å². The third-order valence-electron chi connectivity index (χ3n) is 4.58. The van der Waals surface area contributed by atoms with Gasteiger partial charge >= 0.3 is 0 Å². The molecule has 0 radical (unpaired) electrons. The SMILES string of the molecule is CCc1ccc(C2CN(C)CC3CNCCN32)cc1. The monoisotopic (exact) mass is 259 g/mol. The van der Waals surface area contributed by atoms with Crippen molar-refractivity contribution in [2.45, 2.75) is 25.4 Å². The molecule has 0 saturated carbocycles. The maximum atomic E-state index is 3.53. The largest absolute Gasteiger partial charge is 0.314 e. The molecular formula is C16H25N3. The fourth-order valence-corrected chi connectivity index (χ4v) is 3.46. The van der Waals surface area contributed by atoms with E-state index >= 15 is 0 Å². The van der Waals surface area contributed by atoms with E-state index in [4.69, 9.17) is 0 Å². The van der Waals surface area contributed by atoms with Gasteiger partial charge in [0.1, 0.15) is 0 Å². The van der Waals surface area contributed by atoms with Crippen LogP contribution in [-0.2, 0) is 6.42 Å². The molecule has 3 rings (SSSR count). The average Bonchev–Trinajstić information content (AvgIpc) is 2.46. The number of benzene rings is 1. The summed E-state index contributed by atoms with van der Waals surface area (Å²) in [7, 11) is 2.25. The summed E-state index contributed by atoms with van der Waals surface area (Å²) in [5.41, 5.74) is 2.92. The van der Waals surface area contributed by atoms with E-state index in [1.165, 1.54) is 24.2 Å². The Hall–Kier alpha value is -0.900. The highest BCUT2D eigenvalue weighted by molar-refractivity contribution is 5.26. The van der Waals surface area contributed by atoms with Crippen molar-refractivity contribution in [2.75, 3.05) is 39.8 Å². The summed E-state index contributed by atoms with van der Waals surface area (Å²) in [6, 6.07) is 10.5. The number of likely N-dealkylation sites (N-methyl/N-ethyl adjacent to an activating group) is 1. The number of nitrogens with one attached hydrogen (secondary N) is 1. The predicted octanol–water partition coefficient (Wildman–Crippen LogP) is 1.51. The first kappa shape index (κ1) is 13.1. The van der Waals surface area contributed by atoms with E-state index in [0.717, 1.165) is 26.1 Å². The number of rotatable bonds is 2. The average molecular weight is 259 g/mol. The summed E-state index contributed by atoms with van der Waals surface area (Å²) in [5.74, 6) is 0. The van der Waals surface area contributed by atoms with Crippen molar-refractivity contribution in [1.29, 1.82) is 0 Å². The zero-order valence-electron chi connectivity index (χ0n) is 12.1. The second kappa shape index (κ2) is 5.61. The summed E-state index contributed by atoms with van der Waals surface area (Å²) in [6.45, 7) is 8.00. The molecular weight excluding hydrogens is 234 g/mol. The van der Waals surface area contributed by atoms with Crippen LogP contribution < -0.4 is 5.32 Å². The summed E-state index contributed by atoms with van der Waals surface area (Å²) in [5, 5.41) is 3.53. The highest BCUT2D eigenvalue weighted by Gasteiger charge is 2.35. The van der Waals surface area contributed by atoms with Gasteiger partial charge in [0.15, 0.2) is 0 Å². The van der Waals surface area contributed by atoms with Crippen LogP contribution in [0.25, 0.3) is 0 Å². The maximum Gasteiger partial charge on any atom is 0.0479 e. The van der Waals surface area contributed by atoms with Crippen molar-refractivity contribution >= 4 is 0 Å². The zero-order valence-corrected chi connectivity index (χ0v) is 12.1. The highest BCUT2D eigenvalue weighted by atomic mass is 15.3. The molecule has 1 aromatic rings. The van der Waals surface area contributed by atoms with Gasteiger partial charge in [0.25, 0.3) is 0 Å². The predicted molar refractivity (Wildman–Crippen MR) is 79.4 cm³/mol. The Morgan fingerprint density at radius 2 is 2.00 bits per heavy atom. The van der Waals surface area contributed by atoms with Gasteiger partial charge in [0.05, 0.1) is 0 Å². The molecule has 3 nitrogen and oxygen atoms in total. The topological polar surface area (TPSA) is 18.5 Å². The van der Waals surface area contributed by atoms with E-state index in [1.54, 1.807) is 0 Å². The molecule has 2 heterocycles. The Labute approximate surface area is 116 Å². The van der Waals surface area contributed by atoms with E-state index in [1.807, 2.05) is 0 Å². The van der Waals surface area contributed by atoms with E-state index in [9.17, 15) is 0 Å². The Morgan fingerprint density at radius 1 is 1.21 bits per heavy atom. The van der Waals surface area contributed by atoms with Crippen LogP contribution in [0.3, 0.4) is 0 Å². The fraction of sp³-hybridized carbons (Fsp3) is 0.625. The number of aryl methyl sites for hydroxylation is 1. The van der Waals surface area contributed by atoms with Crippen molar-refractivity contribution in [2.24, 2.45) is 0 Å². The van der Waals surface area contributed by atoms with Gasteiger partial charge in [0.2, 0.25) is 0 Å². The van der Waals surface area contributed by atoms with Crippen LogP contribution in [0.1, 0.15) is 24.1 Å². The molecule has 2 aliphatic heterocycles. The van der Waals surface area contributed by atoms with Gasteiger partial charge in [-0.2, -0.15) is 0 Å². The Balaban J connectivity index is 1.83. The van der Waals surface area contributed by atoms with Crippen LogP contribution in [0.2, 0.25) is 0 Å². The van der Waals surface area contributed by atoms with Crippen molar-refractivity contribution < 1.29 is 0 Å². The quantitative estimate of drug-likeness (QED) is 0.868. The third kappa shape index (κ3) is 2.69. The number of piperazine rings is 2. The van der Waals surface area contributed by atoms with Crippen LogP contribution in [0.15, 0.2) is 24.3 Å². The fourth-order valence-electron chi connectivity index (χ4n) is 3.46. The lowest BCUT2D eigenvalue weighted by Crippen LogP contribution is -2.61. The van der Waals surface area contributed by atoms with Gasteiger partial charge in [-0.3, -0.25) is 4.90 Å². The van der Waals surface area contributed by atoms with E-state index in [2.05, 4.69) is 53.4 Å². The molecule has 2 aliphatic rings. The van der Waals surface area contributed by atoms with Crippen LogP contribution in [0.4, 0.5) is 0 Å². The highest BCUT2D eigenvalue weighted by Crippen LogP contribution is 2.29. The molecule has 0 spiro atoms. The Morgan fingerprint density at radius 3 is 2.74 bits per heavy atom. The molecule has 1 N–H and O–H groups in total. The Bertz CT molecular complexity index is 415. The van der Waals surface area contributed by atoms with Crippen LogP contribution >= 0.6 is 0 Å². The summed E-state index contributed by atoms with van der Waals surface area (Å²) >= 11 is 0. The molecule has 0 aromatic heterocycles. The summed E-state index contributed by atoms with van der Waals surface area (Å²) in [4.78, 5) is 5.18. The normalized spacial score (nSPS) is 29.2. The standard InChI is InChI=1S/C16H25N3/c1-3-13-4-6-14(7-5-13)16-12-18(2)11-15-10-17-8-9-19(15)16/h4-7,15-17H,3,8-12H2,1-2H3. The zero-order chi connectivity index (χ0) is 13.2. The van der Waals surface area contributed by atoms with Gasteiger partial charge in [-0.15, -0.1) is 0 Å². The lowest BCUT2D eigenvalue weighted by Gasteiger charge is -2.48. The summed E-state index contributed by atoms with van der Waals surface area (Å²) in [6.07, 6.45) is 1.13. The number of hydrogen-bond donors (Lipinski definition) is 1. The first-order valence-electron chi connectivity index (χ1n) is 7.51. The van der Waals surface area contributed by atoms with Crippen molar-refractivity contribution in [3.8, 4) is 0 Å². The molecule has 104 valence electrons. The number of hydrogen-bond acceptors (Lipinski definition) is 3. The first-order chi connectivity index (χ1) is 9.28. The summed E-state index contributed by atoms with van der Waals surface area (Å²) < 4.78 is 0. The minimum absolute atomic E-state index is 0.566. The van der Waals surface area contributed by atoms with Crippen molar-refractivity contribution in [3.63, 3.8) is 0 Å². The molecule has 3 heteroatoms. The molecule has 1 aromatic carbocycles. The lowest BCUT2D eigenvalue weighted by atomic mass is 9.96. The third-order valence-corrected chi connectivity index (χ3v) is 4.58. The number of fused-ring (bicyclic) bond motifs is 1. The van der Waals surface area contributed by atoms with Crippen LogP contribution in [0, 0.1) is 0 Å². The van der Waals surface area contributed by atoms with Crippen LogP contribution in [-0.4, -0.2) is 55.6 Å². The molecule has 2 unspecified atom stereocenters. The van der Waals surface area contributed by atoms with E-state index in [0.29, 0.717) is 12.1 Å².